The number of nitrogens with one attached hydrogen (secondary N) is 1. The van der Waals surface area contributed by atoms with Gasteiger partial charge >= 0.3 is 12.0 Å². The molecule has 3 rings (SSSR count). The number of carbonyl (C=O) groups excluding carboxylic acids is 4. The fraction of sp³-hybridized carbons (Fsp3) is 0.250. The highest BCUT2D eigenvalue weighted by Gasteiger charge is 2.37. The van der Waals surface area contributed by atoms with Gasteiger partial charge in [0.25, 0.3) is 11.8 Å². The van der Waals surface area contributed by atoms with Gasteiger partial charge < -0.3 is 14.2 Å². The number of aryl methyl sites for hydroxylation is 2. The van der Waals surface area contributed by atoms with Crippen molar-refractivity contribution in [2.45, 2.75) is 20.8 Å². The first-order chi connectivity index (χ1) is 16.2. The van der Waals surface area contributed by atoms with E-state index in [1.54, 1.807) is 25.1 Å². The maximum absolute atomic E-state index is 13.1. The van der Waals surface area contributed by atoms with E-state index in [1.165, 1.54) is 25.3 Å². The topological polar surface area (TPSA) is 111 Å². The summed E-state index contributed by atoms with van der Waals surface area (Å²) in [4.78, 5) is 50.5. The zero-order chi connectivity index (χ0) is 25.0. The highest BCUT2D eigenvalue weighted by atomic mass is 35.5. The number of hydrogen-bond acceptors (Lipinski definition) is 7. The van der Waals surface area contributed by atoms with Gasteiger partial charge in [-0.2, -0.15) is 0 Å². The lowest BCUT2D eigenvalue weighted by Gasteiger charge is -2.27. The quantitative estimate of drug-likeness (QED) is 0.361. The highest BCUT2D eigenvalue weighted by Crippen LogP contribution is 2.37. The molecule has 0 spiro atoms. The number of nitrogens with zero attached hydrogens (tertiary/aromatic N) is 1. The fourth-order valence-corrected chi connectivity index (χ4v) is 3.49. The SMILES string of the molecule is CCOC(=O)COc1c(Cl)cc(/C=C2\C(=O)NC(=O)N(c3ccc(C)c(C)c3)C2=O)cc1OC. The molecule has 10 heteroatoms. The van der Waals surface area contributed by atoms with E-state index in [0.29, 0.717) is 11.3 Å². The number of anilines is 1. The Bertz CT molecular complexity index is 1210. The van der Waals surface area contributed by atoms with Crippen LogP contribution >= 0.6 is 11.6 Å². The zero-order valence-corrected chi connectivity index (χ0v) is 19.8. The van der Waals surface area contributed by atoms with E-state index >= 15 is 0 Å². The highest BCUT2D eigenvalue weighted by molar-refractivity contribution is 6.39. The summed E-state index contributed by atoms with van der Waals surface area (Å²) in [5, 5.41) is 2.27. The summed E-state index contributed by atoms with van der Waals surface area (Å²) in [6.07, 6.45) is 1.29. The van der Waals surface area contributed by atoms with Crippen molar-refractivity contribution in [3.05, 3.63) is 57.6 Å². The average Bonchev–Trinajstić information content (AvgIpc) is 2.78. The number of hydrogen-bond donors (Lipinski definition) is 1. The van der Waals surface area contributed by atoms with E-state index in [4.69, 9.17) is 25.8 Å². The molecule has 0 atom stereocenters. The number of carbonyl (C=O) groups is 4. The molecular weight excluding hydrogens is 464 g/mol. The van der Waals surface area contributed by atoms with Gasteiger partial charge in [-0.1, -0.05) is 17.7 Å². The summed E-state index contributed by atoms with van der Waals surface area (Å²) in [7, 11) is 1.37. The van der Waals surface area contributed by atoms with Gasteiger partial charge in [-0.05, 0) is 67.8 Å². The maximum atomic E-state index is 13.1. The Morgan fingerprint density at radius 3 is 2.50 bits per heavy atom. The third-order valence-electron chi connectivity index (χ3n) is 5.05. The molecule has 1 fully saturated rings. The molecule has 1 aliphatic rings. The van der Waals surface area contributed by atoms with Crippen LogP contribution in [-0.2, 0) is 19.1 Å². The van der Waals surface area contributed by atoms with Crippen LogP contribution in [0.1, 0.15) is 23.6 Å². The van der Waals surface area contributed by atoms with Crippen molar-refractivity contribution in [1.29, 1.82) is 0 Å². The van der Waals surface area contributed by atoms with Crippen molar-refractivity contribution >= 4 is 47.2 Å². The van der Waals surface area contributed by atoms with Gasteiger partial charge in [0, 0.05) is 0 Å². The third-order valence-corrected chi connectivity index (χ3v) is 5.33. The molecule has 0 aromatic heterocycles. The van der Waals surface area contributed by atoms with Crippen LogP contribution in [0, 0.1) is 13.8 Å². The number of ether oxygens (including phenoxy) is 3. The molecule has 2 aromatic rings. The summed E-state index contributed by atoms with van der Waals surface area (Å²) >= 11 is 6.31. The van der Waals surface area contributed by atoms with Crippen molar-refractivity contribution in [2.75, 3.05) is 25.2 Å². The Labute approximate surface area is 201 Å². The summed E-state index contributed by atoms with van der Waals surface area (Å²) in [6, 6.07) is 7.18. The van der Waals surface area contributed by atoms with Crippen LogP contribution in [0.25, 0.3) is 6.08 Å². The Morgan fingerprint density at radius 2 is 1.85 bits per heavy atom. The van der Waals surface area contributed by atoms with Crippen molar-refractivity contribution in [1.82, 2.24) is 5.32 Å². The van der Waals surface area contributed by atoms with Crippen LogP contribution in [0.15, 0.2) is 35.9 Å². The van der Waals surface area contributed by atoms with E-state index in [9.17, 15) is 19.2 Å². The second-order valence-corrected chi connectivity index (χ2v) is 7.76. The van der Waals surface area contributed by atoms with E-state index in [-0.39, 0.29) is 35.3 Å². The largest absolute Gasteiger partial charge is 0.493 e. The molecule has 9 nitrogen and oxygen atoms in total. The monoisotopic (exact) mass is 486 g/mol. The number of urea groups is 1. The minimum Gasteiger partial charge on any atom is -0.493 e. The second-order valence-electron chi connectivity index (χ2n) is 7.35. The molecule has 4 amide bonds. The smallest absolute Gasteiger partial charge is 0.344 e. The predicted octanol–water partition coefficient (Wildman–Crippen LogP) is 3.57. The number of barbiturate groups is 1. The molecule has 1 N–H and O–H groups in total. The zero-order valence-electron chi connectivity index (χ0n) is 19.1. The maximum Gasteiger partial charge on any atom is 0.344 e. The van der Waals surface area contributed by atoms with Crippen molar-refractivity contribution in [3.8, 4) is 11.5 Å². The van der Waals surface area contributed by atoms with E-state index in [1.807, 2.05) is 13.8 Å². The number of amides is 4. The summed E-state index contributed by atoms with van der Waals surface area (Å²) < 4.78 is 15.5. The van der Waals surface area contributed by atoms with Crippen LogP contribution in [0.3, 0.4) is 0 Å². The van der Waals surface area contributed by atoms with Crippen LogP contribution in [-0.4, -0.2) is 44.1 Å². The van der Waals surface area contributed by atoms with Gasteiger partial charge in [0.1, 0.15) is 5.57 Å². The molecule has 34 heavy (non-hydrogen) atoms. The van der Waals surface area contributed by atoms with E-state index < -0.39 is 23.8 Å². The normalized spacial score (nSPS) is 14.8. The van der Waals surface area contributed by atoms with Crippen LogP contribution in [0.5, 0.6) is 11.5 Å². The first-order valence-corrected chi connectivity index (χ1v) is 10.7. The summed E-state index contributed by atoms with van der Waals surface area (Å²) in [5.74, 6) is -1.92. The number of rotatable bonds is 7. The summed E-state index contributed by atoms with van der Waals surface area (Å²) in [6.45, 7) is 5.26. The minimum atomic E-state index is -0.840. The lowest BCUT2D eigenvalue weighted by molar-refractivity contribution is -0.145. The molecule has 0 radical (unpaired) electrons. The van der Waals surface area contributed by atoms with Gasteiger partial charge in [-0.25, -0.2) is 14.5 Å². The minimum absolute atomic E-state index is 0.0845. The molecule has 2 aromatic carbocycles. The van der Waals surface area contributed by atoms with Crippen molar-refractivity contribution < 1.29 is 33.4 Å². The average molecular weight is 487 g/mol. The standard InChI is InChI=1S/C24H23ClN2O7/c1-5-33-20(28)12-34-21-18(25)10-15(11-19(21)32-4)9-17-22(29)26-24(31)27(23(17)30)16-7-6-13(2)14(3)8-16/h6-11H,5,12H2,1-4H3,(H,26,29,31)/b17-9+. The lowest BCUT2D eigenvalue weighted by atomic mass is 10.0. The van der Waals surface area contributed by atoms with Gasteiger partial charge in [0.2, 0.25) is 0 Å². The first-order valence-electron chi connectivity index (χ1n) is 10.3. The first kappa shape index (κ1) is 24.8. The van der Waals surface area contributed by atoms with E-state index in [0.717, 1.165) is 16.0 Å². The van der Waals surface area contributed by atoms with Crippen molar-refractivity contribution in [3.63, 3.8) is 0 Å². The Morgan fingerprint density at radius 1 is 1.12 bits per heavy atom. The van der Waals surface area contributed by atoms with E-state index in [2.05, 4.69) is 5.32 Å². The molecule has 1 saturated heterocycles. The van der Waals surface area contributed by atoms with Gasteiger partial charge in [-0.15, -0.1) is 0 Å². The van der Waals surface area contributed by atoms with Crippen LogP contribution in [0.2, 0.25) is 5.02 Å². The van der Waals surface area contributed by atoms with Crippen molar-refractivity contribution in [2.24, 2.45) is 0 Å². The number of methoxy groups -OCH3 is 1. The molecule has 0 aliphatic carbocycles. The molecular formula is C24H23ClN2O7. The van der Waals surface area contributed by atoms with Crippen LogP contribution < -0.4 is 19.7 Å². The Kier molecular flexibility index (Phi) is 7.57. The Hall–Kier alpha value is -3.85. The van der Waals surface area contributed by atoms with Gasteiger partial charge in [-0.3, -0.25) is 14.9 Å². The fourth-order valence-electron chi connectivity index (χ4n) is 3.22. The molecule has 1 heterocycles. The predicted molar refractivity (Wildman–Crippen MR) is 125 cm³/mol. The number of halogens is 1. The Balaban J connectivity index is 1.95. The van der Waals surface area contributed by atoms with Gasteiger partial charge in [0.15, 0.2) is 18.1 Å². The number of esters is 1. The number of benzene rings is 2. The summed E-state index contributed by atoms with van der Waals surface area (Å²) in [5.41, 5.74) is 2.29. The van der Waals surface area contributed by atoms with Gasteiger partial charge in [0.05, 0.1) is 24.4 Å². The lowest BCUT2D eigenvalue weighted by Crippen LogP contribution is -2.54. The molecule has 1 aliphatic heterocycles. The molecule has 0 saturated carbocycles. The molecule has 0 unspecified atom stereocenters. The third kappa shape index (κ3) is 5.20. The van der Waals surface area contributed by atoms with Crippen LogP contribution in [0.4, 0.5) is 10.5 Å². The number of imide groups is 2. The molecule has 0 bridgehead atoms. The molecule has 178 valence electrons. The second kappa shape index (κ2) is 10.4.